The molecule has 1 N–H and O–H groups in total. The Morgan fingerprint density at radius 2 is 1.93 bits per heavy atom. The molecule has 4 nitrogen and oxygen atoms in total. The molecule has 2 aliphatic carbocycles. The lowest BCUT2D eigenvalue weighted by Crippen LogP contribution is -2.45. The van der Waals surface area contributed by atoms with Crippen molar-refractivity contribution in [3.8, 4) is 11.1 Å². The number of carbonyl (C=O) groups is 1. The van der Waals surface area contributed by atoms with Crippen molar-refractivity contribution < 1.29 is 4.79 Å². The molecule has 2 aliphatic rings. The minimum absolute atomic E-state index is 0.0577. The fourth-order valence-electron chi connectivity index (χ4n) is 5.01. The van der Waals surface area contributed by atoms with Gasteiger partial charge in [0.1, 0.15) is 6.54 Å². The zero-order valence-corrected chi connectivity index (χ0v) is 18.0. The molecule has 0 bridgehead atoms. The van der Waals surface area contributed by atoms with E-state index in [1.807, 2.05) is 24.3 Å². The van der Waals surface area contributed by atoms with Crippen LogP contribution in [-0.4, -0.2) is 16.5 Å². The average Bonchev–Trinajstić information content (AvgIpc) is 3.18. The Labute approximate surface area is 177 Å². The standard InChI is InChI=1S/C24H29ClN2O2/c1-15-7-5-11-21(16(15)2)26-23(28)14-27-22-12-6-9-18(22)19(13-24(27)29)17-8-3-4-10-20(17)25/h3-4,8,10,13,15-16,21H,5-7,9,11-12,14H2,1-2H3,(H,26,28)/t15-,16+,21+/m1/s1. The number of benzene rings is 1. The van der Waals surface area contributed by atoms with Gasteiger partial charge in [-0.3, -0.25) is 9.59 Å². The van der Waals surface area contributed by atoms with Crippen molar-refractivity contribution in [2.75, 3.05) is 0 Å². The molecular formula is C24H29ClN2O2. The lowest BCUT2D eigenvalue weighted by atomic mass is 9.78. The van der Waals surface area contributed by atoms with Crippen molar-refractivity contribution >= 4 is 17.5 Å². The van der Waals surface area contributed by atoms with Gasteiger partial charge < -0.3 is 9.88 Å². The Hall–Kier alpha value is -2.07. The van der Waals surface area contributed by atoms with Crippen LogP contribution in [0.1, 0.15) is 50.8 Å². The van der Waals surface area contributed by atoms with Gasteiger partial charge in [-0.05, 0) is 54.7 Å². The smallest absolute Gasteiger partial charge is 0.251 e. The number of nitrogens with one attached hydrogen (secondary N) is 1. The van der Waals surface area contributed by atoms with Gasteiger partial charge in [-0.15, -0.1) is 0 Å². The topological polar surface area (TPSA) is 51.1 Å². The fourth-order valence-corrected chi connectivity index (χ4v) is 5.25. The second kappa shape index (κ2) is 8.35. The molecule has 154 valence electrons. The number of amides is 1. The third-order valence-electron chi connectivity index (χ3n) is 6.89. The van der Waals surface area contributed by atoms with E-state index >= 15 is 0 Å². The molecule has 0 unspecified atom stereocenters. The van der Waals surface area contributed by atoms with E-state index in [2.05, 4.69) is 19.2 Å². The van der Waals surface area contributed by atoms with Crippen LogP contribution < -0.4 is 10.9 Å². The first-order valence-corrected chi connectivity index (χ1v) is 11.1. The SMILES string of the molecule is C[C@H]1[C@H](C)CCC[C@@H]1NC(=O)Cn1c2c(c(-c3ccccc3Cl)cc1=O)CCC2. The molecule has 2 aromatic rings. The average molecular weight is 413 g/mol. The Morgan fingerprint density at radius 1 is 1.14 bits per heavy atom. The largest absolute Gasteiger partial charge is 0.352 e. The van der Waals surface area contributed by atoms with Gasteiger partial charge in [0.25, 0.3) is 5.56 Å². The fraction of sp³-hybridized carbons (Fsp3) is 0.500. The van der Waals surface area contributed by atoms with Gasteiger partial charge in [0.15, 0.2) is 0 Å². The molecule has 5 heteroatoms. The summed E-state index contributed by atoms with van der Waals surface area (Å²) in [6, 6.07) is 9.50. The van der Waals surface area contributed by atoms with E-state index < -0.39 is 0 Å². The third-order valence-corrected chi connectivity index (χ3v) is 7.22. The summed E-state index contributed by atoms with van der Waals surface area (Å²) in [7, 11) is 0. The predicted molar refractivity (Wildman–Crippen MR) is 117 cm³/mol. The molecule has 1 amide bonds. The minimum Gasteiger partial charge on any atom is -0.352 e. The van der Waals surface area contributed by atoms with Crippen molar-refractivity contribution in [2.24, 2.45) is 11.8 Å². The number of rotatable bonds is 4. The van der Waals surface area contributed by atoms with Gasteiger partial charge in [-0.2, -0.15) is 0 Å². The Kier molecular flexibility index (Phi) is 5.82. The lowest BCUT2D eigenvalue weighted by Gasteiger charge is -2.34. The molecular weight excluding hydrogens is 384 g/mol. The summed E-state index contributed by atoms with van der Waals surface area (Å²) in [5.74, 6) is 1.03. The summed E-state index contributed by atoms with van der Waals surface area (Å²) in [6.45, 7) is 4.58. The van der Waals surface area contributed by atoms with E-state index in [0.29, 0.717) is 16.9 Å². The molecule has 4 rings (SSSR count). The summed E-state index contributed by atoms with van der Waals surface area (Å²) in [6.07, 6.45) is 6.13. The second-order valence-electron chi connectivity index (χ2n) is 8.68. The van der Waals surface area contributed by atoms with E-state index in [4.69, 9.17) is 11.6 Å². The predicted octanol–water partition coefficient (Wildman–Crippen LogP) is 4.60. The summed E-state index contributed by atoms with van der Waals surface area (Å²) < 4.78 is 1.68. The number of hydrogen-bond donors (Lipinski definition) is 1. The van der Waals surface area contributed by atoms with Crippen LogP contribution in [0.15, 0.2) is 35.1 Å². The molecule has 29 heavy (non-hydrogen) atoms. The Morgan fingerprint density at radius 3 is 2.72 bits per heavy atom. The van der Waals surface area contributed by atoms with E-state index in [9.17, 15) is 9.59 Å². The van der Waals surface area contributed by atoms with Crippen molar-refractivity contribution in [3.63, 3.8) is 0 Å². The van der Waals surface area contributed by atoms with Crippen LogP contribution in [0.3, 0.4) is 0 Å². The lowest BCUT2D eigenvalue weighted by molar-refractivity contribution is -0.123. The number of pyridine rings is 1. The van der Waals surface area contributed by atoms with Gasteiger partial charge in [-0.1, -0.05) is 56.5 Å². The highest BCUT2D eigenvalue weighted by Crippen LogP contribution is 2.35. The molecule has 3 atom stereocenters. The zero-order chi connectivity index (χ0) is 20.5. The molecule has 1 saturated carbocycles. The van der Waals surface area contributed by atoms with Crippen LogP contribution in [0, 0.1) is 11.8 Å². The molecule has 1 heterocycles. The first-order chi connectivity index (χ1) is 14.0. The van der Waals surface area contributed by atoms with E-state index in [1.165, 1.54) is 6.42 Å². The first kappa shape index (κ1) is 20.2. The number of hydrogen-bond acceptors (Lipinski definition) is 2. The van der Waals surface area contributed by atoms with Crippen LogP contribution in [0.25, 0.3) is 11.1 Å². The highest BCUT2D eigenvalue weighted by atomic mass is 35.5. The molecule has 0 radical (unpaired) electrons. The maximum atomic E-state index is 13.0. The number of nitrogens with zero attached hydrogens (tertiary/aromatic N) is 1. The molecule has 0 spiro atoms. The van der Waals surface area contributed by atoms with Crippen LogP contribution in [0.4, 0.5) is 0 Å². The maximum Gasteiger partial charge on any atom is 0.251 e. The quantitative estimate of drug-likeness (QED) is 0.797. The van der Waals surface area contributed by atoms with Gasteiger partial charge in [0.2, 0.25) is 5.91 Å². The number of carbonyl (C=O) groups excluding carboxylic acids is 1. The zero-order valence-electron chi connectivity index (χ0n) is 17.2. The summed E-state index contributed by atoms with van der Waals surface area (Å²) in [5, 5.41) is 3.85. The third kappa shape index (κ3) is 4.00. The molecule has 1 aromatic carbocycles. The molecule has 1 fully saturated rings. The van der Waals surface area contributed by atoms with Crippen LogP contribution >= 0.6 is 11.6 Å². The Bertz CT molecular complexity index is 981. The monoisotopic (exact) mass is 412 g/mol. The van der Waals surface area contributed by atoms with Gasteiger partial charge in [-0.25, -0.2) is 0 Å². The highest BCUT2D eigenvalue weighted by Gasteiger charge is 2.29. The molecule has 1 aromatic heterocycles. The van der Waals surface area contributed by atoms with Gasteiger partial charge >= 0.3 is 0 Å². The number of aromatic nitrogens is 1. The van der Waals surface area contributed by atoms with Gasteiger partial charge in [0, 0.05) is 28.4 Å². The van der Waals surface area contributed by atoms with Crippen molar-refractivity contribution in [1.82, 2.24) is 9.88 Å². The van der Waals surface area contributed by atoms with Crippen molar-refractivity contribution in [1.29, 1.82) is 0 Å². The van der Waals surface area contributed by atoms with Crippen molar-refractivity contribution in [2.45, 2.75) is 65.0 Å². The number of halogens is 1. The highest BCUT2D eigenvalue weighted by molar-refractivity contribution is 6.33. The van der Waals surface area contributed by atoms with Crippen LogP contribution in [0.5, 0.6) is 0 Å². The van der Waals surface area contributed by atoms with E-state index in [0.717, 1.165) is 54.5 Å². The molecule has 0 saturated heterocycles. The molecule has 0 aliphatic heterocycles. The number of fused-ring (bicyclic) bond motifs is 1. The second-order valence-corrected chi connectivity index (χ2v) is 9.09. The minimum atomic E-state index is -0.124. The Balaban J connectivity index is 1.61. The summed E-state index contributed by atoms with van der Waals surface area (Å²) >= 11 is 6.40. The first-order valence-electron chi connectivity index (χ1n) is 10.8. The summed E-state index contributed by atoms with van der Waals surface area (Å²) in [5.41, 5.74) is 3.84. The van der Waals surface area contributed by atoms with Gasteiger partial charge in [0.05, 0.1) is 0 Å². The van der Waals surface area contributed by atoms with E-state index in [1.54, 1.807) is 10.6 Å². The summed E-state index contributed by atoms with van der Waals surface area (Å²) in [4.78, 5) is 25.8. The normalized spacial score (nSPS) is 23.6. The van der Waals surface area contributed by atoms with E-state index in [-0.39, 0.29) is 24.1 Å². The maximum absolute atomic E-state index is 13.0. The van der Waals surface area contributed by atoms with Crippen LogP contribution in [0.2, 0.25) is 5.02 Å². The van der Waals surface area contributed by atoms with Crippen LogP contribution in [-0.2, 0) is 24.2 Å². The van der Waals surface area contributed by atoms with Crippen molar-refractivity contribution in [3.05, 3.63) is 57.0 Å².